The van der Waals surface area contributed by atoms with Crippen molar-refractivity contribution < 1.29 is 17.5 Å². The first-order valence-corrected chi connectivity index (χ1v) is 13.2. The van der Waals surface area contributed by atoms with E-state index in [1.54, 1.807) is 0 Å². The monoisotopic (exact) mass is 499 g/mol. The van der Waals surface area contributed by atoms with E-state index in [1.807, 2.05) is 38.1 Å². The van der Waals surface area contributed by atoms with Crippen LogP contribution in [0.25, 0.3) is 21.9 Å². The molecule has 0 spiro atoms. The van der Waals surface area contributed by atoms with Gasteiger partial charge in [-0.15, -0.1) is 0 Å². The molecule has 1 unspecified atom stereocenters. The third kappa shape index (κ3) is 4.76. The minimum Gasteiger partial charge on any atom is -0.474 e. The van der Waals surface area contributed by atoms with E-state index >= 15 is 0 Å². The first kappa shape index (κ1) is 23.4. The Morgan fingerprint density at radius 2 is 2.00 bits per heavy atom. The zero-order chi connectivity index (χ0) is 24.7. The number of ether oxygens (including phenoxy) is 1. The van der Waals surface area contributed by atoms with Gasteiger partial charge >= 0.3 is 0 Å². The minimum atomic E-state index is -3.21. The fourth-order valence-electron chi connectivity index (χ4n) is 4.40. The number of halogens is 1. The van der Waals surface area contributed by atoms with Crippen LogP contribution >= 0.6 is 0 Å². The number of rotatable bonds is 6. The summed E-state index contributed by atoms with van der Waals surface area (Å²) < 4.78 is 45.2. The molecular formula is C23H26FN7O3S. The number of anilines is 1. The molecule has 184 valence electrons. The Labute approximate surface area is 202 Å². The number of aromatic amines is 1. The maximum Gasteiger partial charge on any atom is 0.289 e. The van der Waals surface area contributed by atoms with Gasteiger partial charge in [0.15, 0.2) is 11.5 Å². The summed E-state index contributed by atoms with van der Waals surface area (Å²) in [5.74, 6) is 0.933. The van der Waals surface area contributed by atoms with Crippen LogP contribution in [0.4, 0.5) is 10.2 Å². The smallest absolute Gasteiger partial charge is 0.289 e. The highest BCUT2D eigenvalue weighted by atomic mass is 32.2. The van der Waals surface area contributed by atoms with Gasteiger partial charge in [-0.2, -0.15) is 9.37 Å². The summed E-state index contributed by atoms with van der Waals surface area (Å²) in [4.78, 5) is 19.3. The number of nitrogens with one attached hydrogen (secondary N) is 2. The third-order valence-corrected chi connectivity index (χ3v) is 7.56. The second-order valence-corrected chi connectivity index (χ2v) is 10.8. The van der Waals surface area contributed by atoms with Crippen LogP contribution in [-0.4, -0.2) is 63.1 Å². The van der Waals surface area contributed by atoms with Gasteiger partial charge in [0, 0.05) is 18.5 Å². The molecule has 2 N–H and O–H groups in total. The lowest BCUT2D eigenvalue weighted by atomic mass is 10.0. The molecule has 0 saturated carbocycles. The summed E-state index contributed by atoms with van der Waals surface area (Å²) in [5.41, 5.74) is 2.37. The van der Waals surface area contributed by atoms with Crippen molar-refractivity contribution >= 4 is 37.8 Å². The van der Waals surface area contributed by atoms with Crippen LogP contribution in [-0.2, 0) is 10.0 Å². The van der Waals surface area contributed by atoms with Crippen LogP contribution in [0, 0.1) is 13.0 Å². The van der Waals surface area contributed by atoms with Gasteiger partial charge in [-0.1, -0.05) is 18.2 Å². The molecule has 35 heavy (non-hydrogen) atoms. The van der Waals surface area contributed by atoms with E-state index in [4.69, 9.17) is 9.72 Å². The van der Waals surface area contributed by atoms with Gasteiger partial charge in [-0.25, -0.2) is 27.7 Å². The SMILES string of the molecule is Cc1cccc2cc(C(C)Nc3ncnc4nc(F)[nH]c34)nc(OC3CCN(S(C)(=O)=O)CC3)c12. The zero-order valence-electron chi connectivity index (χ0n) is 19.6. The zero-order valence-corrected chi connectivity index (χ0v) is 20.4. The van der Waals surface area contributed by atoms with Gasteiger partial charge in [-0.3, -0.25) is 0 Å². The van der Waals surface area contributed by atoms with E-state index < -0.39 is 16.1 Å². The van der Waals surface area contributed by atoms with Crippen LogP contribution in [0.15, 0.2) is 30.6 Å². The number of aryl methyl sites for hydroxylation is 1. The lowest BCUT2D eigenvalue weighted by Gasteiger charge is -2.30. The first-order valence-electron chi connectivity index (χ1n) is 11.3. The van der Waals surface area contributed by atoms with Crippen LogP contribution in [0.2, 0.25) is 0 Å². The number of hydrogen-bond acceptors (Lipinski definition) is 8. The Morgan fingerprint density at radius 1 is 1.23 bits per heavy atom. The average Bonchev–Trinajstić information content (AvgIpc) is 3.20. The number of nitrogens with zero attached hydrogens (tertiary/aromatic N) is 5. The molecule has 12 heteroatoms. The molecular weight excluding hydrogens is 473 g/mol. The normalized spacial score (nSPS) is 16.6. The molecule has 1 atom stereocenters. The van der Waals surface area contributed by atoms with Crippen molar-refractivity contribution in [3.63, 3.8) is 0 Å². The maximum absolute atomic E-state index is 13.6. The standard InChI is InChI=1S/C23H26FN7O3S/c1-13-5-4-6-15-11-17(14(2)27-20-19-21(26-12-25-20)30-23(24)29-19)28-22(18(13)15)34-16-7-9-31(10-8-16)35(3,32)33/h4-6,11-12,14,16H,7-10H2,1-3H3,(H2,25,26,27,29,30). The van der Waals surface area contributed by atoms with Gasteiger partial charge in [-0.05, 0) is 43.7 Å². The summed E-state index contributed by atoms with van der Waals surface area (Å²) in [6.45, 7) is 4.78. The number of H-pyrrole nitrogens is 1. The number of imidazole rings is 1. The van der Waals surface area contributed by atoms with E-state index in [2.05, 4.69) is 25.3 Å². The highest BCUT2D eigenvalue weighted by Gasteiger charge is 2.27. The Balaban J connectivity index is 1.44. The largest absolute Gasteiger partial charge is 0.474 e. The molecule has 1 fully saturated rings. The van der Waals surface area contributed by atoms with Gasteiger partial charge in [0.05, 0.1) is 18.0 Å². The molecule has 4 aromatic rings. The van der Waals surface area contributed by atoms with E-state index in [1.165, 1.54) is 16.9 Å². The number of fused-ring (bicyclic) bond motifs is 2. The Hall–Kier alpha value is -3.38. The highest BCUT2D eigenvalue weighted by molar-refractivity contribution is 7.88. The van der Waals surface area contributed by atoms with Crippen LogP contribution in [0.1, 0.15) is 37.1 Å². The first-order chi connectivity index (χ1) is 16.7. The van der Waals surface area contributed by atoms with E-state index in [0.29, 0.717) is 43.1 Å². The molecule has 1 aromatic carbocycles. The van der Waals surface area contributed by atoms with Crippen molar-refractivity contribution in [1.29, 1.82) is 0 Å². The Morgan fingerprint density at radius 3 is 2.74 bits per heavy atom. The summed E-state index contributed by atoms with van der Waals surface area (Å²) in [6, 6.07) is 7.70. The summed E-state index contributed by atoms with van der Waals surface area (Å²) in [5, 5.41) is 5.17. The van der Waals surface area contributed by atoms with Gasteiger partial charge < -0.3 is 15.0 Å². The van der Waals surface area contributed by atoms with E-state index in [9.17, 15) is 12.8 Å². The van der Waals surface area contributed by atoms with Crippen LogP contribution in [0.3, 0.4) is 0 Å². The van der Waals surface area contributed by atoms with Crippen molar-refractivity contribution in [2.24, 2.45) is 0 Å². The fraction of sp³-hybridized carbons (Fsp3) is 0.391. The predicted octanol–water partition coefficient (Wildman–Crippen LogP) is 3.32. The van der Waals surface area contributed by atoms with Crippen LogP contribution in [0.5, 0.6) is 5.88 Å². The molecule has 1 aliphatic rings. The summed E-state index contributed by atoms with van der Waals surface area (Å²) >= 11 is 0. The number of piperidine rings is 1. The highest BCUT2D eigenvalue weighted by Crippen LogP contribution is 2.33. The fourth-order valence-corrected chi connectivity index (χ4v) is 5.28. The van der Waals surface area contributed by atoms with Crippen molar-refractivity contribution in [1.82, 2.24) is 29.2 Å². The Bertz CT molecular complexity index is 1500. The average molecular weight is 500 g/mol. The van der Waals surface area contributed by atoms with Crippen LogP contribution < -0.4 is 10.1 Å². The number of hydrogen-bond donors (Lipinski definition) is 2. The lowest BCUT2D eigenvalue weighted by Crippen LogP contribution is -2.41. The Kier molecular flexibility index (Phi) is 6.01. The predicted molar refractivity (Wildman–Crippen MR) is 130 cm³/mol. The van der Waals surface area contributed by atoms with Crippen molar-refractivity contribution in [3.05, 3.63) is 47.9 Å². The molecule has 0 amide bonds. The number of pyridine rings is 1. The molecule has 3 aromatic heterocycles. The quantitative estimate of drug-likeness (QED) is 0.387. The van der Waals surface area contributed by atoms with Crippen molar-refractivity contribution in [2.75, 3.05) is 24.7 Å². The number of sulfonamides is 1. The molecule has 5 rings (SSSR count). The molecule has 0 aliphatic carbocycles. The minimum absolute atomic E-state index is 0.142. The number of benzene rings is 1. The summed E-state index contributed by atoms with van der Waals surface area (Å²) in [7, 11) is -3.21. The molecule has 1 aliphatic heterocycles. The molecule has 1 saturated heterocycles. The second kappa shape index (κ2) is 9.00. The molecule has 10 nitrogen and oxygen atoms in total. The topological polar surface area (TPSA) is 126 Å². The van der Waals surface area contributed by atoms with Gasteiger partial charge in [0.2, 0.25) is 15.9 Å². The molecule has 4 heterocycles. The lowest BCUT2D eigenvalue weighted by molar-refractivity contribution is 0.131. The summed E-state index contributed by atoms with van der Waals surface area (Å²) in [6.07, 6.45) is 2.86. The van der Waals surface area contributed by atoms with Gasteiger partial charge in [0.1, 0.15) is 17.9 Å². The maximum atomic E-state index is 13.6. The van der Waals surface area contributed by atoms with Crippen molar-refractivity contribution in [2.45, 2.75) is 38.8 Å². The van der Waals surface area contributed by atoms with E-state index in [0.717, 1.165) is 22.0 Å². The molecule has 0 radical (unpaired) electrons. The van der Waals surface area contributed by atoms with Gasteiger partial charge in [0.25, 0.3) is 6.08 Å². The molecule has 0 bridgehead atoms. The number of aromatic nitrogens is 5. The van der Waals surface area contributed by atoms with Crippen molar-refractivity contribution in [3.8, 4) is 5.88 Å². The third-order valence-electron chi connectivity index (χ3n) is 6.26. The van der Waals surface area contributed by atoms with E-state index in [-0.39, 0.29) is 17.8 Å². The second-order valence-electron chi connectivity index (χ2n) is 8.82.